The van der Waals surface area contributed by atoms with E-state index in [0.29, 0.717) is 0 Å². The van der Waals surface area contributed by atoms with E-state index in [1.165, 1.54) is 39.0 Å². The highest BCUT2D eigenvalue weighted by Crippen LogP contribution is 2.41. The molecular weight excluding hydrogens is 496 g/mol. The first-order valence-electron chi connectivity index (χ1n) is 15.1. The molecule has 1 aliphatic rings. The summed E-state index contributed by atoms with van der Waals surface area (Å²) in [4.78, 5) is 0. The van der Waals surface area contributed by atoms with Gasteiger partial charge in [-0.3, -0.25) is 0 Å². The first-order chi connectivity index (χ1) is 19.3. The zero-order valence-electron chi connectivity index (χ0n) is 27.6. The van der Waals surface area contributed by atoms with Gasteiger partial charge in [0.05, 0.1) is 6.10 Å². The van der Waals surface area contributed by atoms with Crippen LogP contribution in [0, 0.1) is 5.41 Å². The van der Waals surface area contributed by atoms with Crippen LogP contribution in [0.25, 0.3) is 0 Å². The van der Waals surface area contributed by atoms with Crippen LogP contribution in [0.2, 0.25) is 0 Å². The van der Waals surface area contributed by atoms with Crippen LogP contribution in [0.3, 0.4) is 0 Å². The first kappa shape index (κ1) is 35.9. The van der Waals surface area contributed by atoms with Crippen LogP contribution in [0.15, 0.2) is 142 Å². The standard InChI is InChI=1S/C40H56O/c1-31(2)17-13-20-34(5)23-15-25-35(6)24-14-21-32(3)18-11-12-19-33(4)22-16-26-36(7)27-28-38-37(8)39(41)29-30-40(38,9)10/h11-12,14-19,21-28,39,41H,13,20,29-30H2,1-10H3/b12-11+,21-14+,22-16+,25-15+,28-27+,32-18+,33-19+,34-23+,35-24+,36-26+. The van der Waals surface area contributed by atoms with Gasteiger partial charge in [0.2, 0.25) is 0 Å². The van der Waals surface area contributed by atoms with Crippen molar-refractivity contribution in [2.75, 3.05) is 0 Å². The van der Waals surface area contributed by atoms with Gasteiger partial charge in [0.15, 0.2) is 0 Å². The van der Waals surface area contributed by atoms with E-state index in [1.54, 1.807) is 0 Å². The molecule has 0 amide bonds. The fourth-order valence-corrected chi connectivity index (χ4v) is 4.51. The second kappa shape index (κ2) is 19.1. The number of aliphatic hydroxyl groups is 1. The zero-order chi connectivity index (χ0) is 30.8. The molecule has 222 valence electrons. The third kappa shape index (κ3) is 16.0. The SMILES string of the molecule is CC(C)=CCC/C(C)=C/C=C/C(C)=C/C=C/C(C)=C/C=C/C=C(C)/C=C/C=C(C)/C=C/C1=C(C)C(O)CCC1(C)C. The van der Waals surface area contributed by atoms with Crippen LogP contribution < -0.4 is 0 Å². The molecule has 1 aliphatic carbocycles. The van der Waals surface area contributed by atoms with E-state index >= 15 is 0 Å². The lowest BCUT2D eigenvalue weighted by Gasteiger charge is -2.35. The molecule has 0 aromatic heterocycles. The Balaban J connectivity index is 2.61. The van der Waals surface area contributed by atoms with Gasteiger partial charge in [-0.2, -0.15) is 0 Å². The van der Waals surface area contributed by atoms with Crippen molar-refractivity contribution >= 4 is 0 Å². The second-order valence-corrected chi connectivity index (χ2v) is 12.3. The number of rotatable bonds is 13. The summed E-state index contributed by atoms with van der Waals surface area (Å²) in [5, 5.41) is 10.3. The Hall–Kier alpha value is -3.16. The van der Waals surface area contributed by atoms with Crippen LogP contribution in [0.5, 0.6) is 0 Å². The van der Waals surface area contributed by atoms with E-state index in [9.17, 15) is 5.11 Å². The van der Waals surface area contributed by atoms with Crippen LogP contribution >= 0.6 is 0 Å². The number of hydrogen-bond acceptors (Lipinski definition) is 1. The highest BCUT2D eigenvalue weighted by molar-refractivity contribution is 5.39. The summed E-state index contributed by atoms with van der Waals surface area (Å²) in [5.74, 6) is 0. The van der Waals surface area contributed by atoms with Crippen molar-refractivity contribution in [1.82, 2.24) is 0 Å². The highest BCUT2D eigenvalue weighted by Gasteiger charge is 2.30. The van der Waals surface area contributed by atoms with E-state index in [4.69, 9.17) is 0 Å². The van der Waals surface area contributed by atoms with Crippen molar-refractivity contribution in [3.63, 3.8) is 0 Å². The molecule has 0 aromatic carbocycles. The normalized spacial score (nSPS) is 20.2. The smallest absolute Gasteiger partial charge is 0.0753 e. The molecule has 0 aromatic rings. The Kier molecular flexibility index (Phi) is 16.7. The van der Waals surface area contributed by atoms with E-state index < -0.39 is 0 Å². The molecule has 0 bridgehead atoms. The minimum atomic E-state index is -0.310. The van der Waals surface area contributed by atoms with Crippen molar-refractivity contribution in [1.29, 1.82) is 0 Å². The summed E-state index contributed by atoms with van der Waals surface area (Å²) >= 11 is 0. The second-order valence-electron chi connectivity index (χ2n) is 12.3. The molecule has 0 saturated heterocycles. The molecule has 1 nitrogen and oxygen atoms in total. The maximum atomic E-state index is 10.3. The van der Waals surface area contributed by atoms with Gasteiger partial charge >= 0.3 is 0 Å². The van der Waals surface area contributed by atoms with Crippen molar-refractivity contribution in [2.45, 2.75) is 101 Å². The highest BCUT2D eigenvalue weighted by atomic mass is 16.3. The topological polar surface area (TPSA) is 20.2 Å². The zero-order valence-corrected chi connectivity index (χ0v) is 27.6. The van der Waals surface area contributed by atoms with Crippen molar-refractivity contribution < 1.29 is 5.11 Å². The van der Waals surface area contributed by atoms with Gasteiger partial charge in [-0.1, -0.05) is 145 Å². The fraction of sp³-hybridized carbons (Fsp3) is 0.400. The Morgan fingerprint density at radius 1 is 0.707 bits per heavy atom. The van der Waals surface area contributed by atoms with Crippen LogP contribution in [0.4, 0.5) is 0 Å². The molecule has 0 heterocycles. The first-order valence-corrected chi connectivity index (χ1v) is 15.1. The van der Waals surface area contributed by atoms with E-state index in [0.717, 1.165) is 31.3 Å². The summed E-state index contributed by atoms with van der Waals surface area (Å²) in [5.41, 5.74) is 10.1. The predicted molar refractivity (Wildman–Crippen MR) is 185 cm³/mol. The molecule has 0 fully saturated rings. The van der Waals surface area contributed by atoms with Crippen molar-refractivity contribution in [2.24, 2.45) is 5.41 Å². The van der Waals surface area contributed by atoms with Gasteiger partial charge in [-0.05, 0) is 97.6 Å². The maximum absolute atomic E-state index is 10.3. The lowest BCUT2D eigenvalue weighted by molar-refractivity contribution is 0.163. The van der Waals surface area contributed by atoms with E-state index in [-0.39, 0.29) is 11.5 Å². The molecule has 0 radical (unpaired) electrons. The van der Waals surface area contributed by atoms with Gasteiger partial charge in [0, 0.05) is 0 Å². The lowest BCUT2D eigenvalue weighted by Crippen LogP contribution is -2.27. The average molecular weight is 553 g/mol. The fourth-order valence-electron chi connectivity index (χ4n) is 4.51. The molecular formula is C40H56O. The molecule has 0 saturated carbocycles. The molecule has 1 unspecified atom stereocenters. The molecule has 1 rings (SSSR count). The molecule has 1 atom stereocenters. The maximum Gasteiger partial charge on any atom is 0.0753 e. The van der Waals surface area contributed by atoms with Crippen LogP contribution in [-0.4, -0.2) is 11.2 Å². The minimum Gasteiger partial charge on any atom is -0.389 e. The number of aliphatic hydroxyl groups excluding tert-OH is 1. The average Bonchev–Trinajstić information content (AvgIpc) is 2.88. The quantitative estimate of drug-likeness (QED) is 0.178. The summed E-state index contributed by atoms with van der Waals surface area (Å²) < 4.78 is 0. The Labute approximate surface area is 252 Å². The van der Waals surface area contributed by atoms with E-state index in [1.807, 2.05) is 0 Å². The molecule has 1 heteroatoms. The van der Waals surface area contributed by atoms with Gasteiger partial charge in [-0.25, -0.2) is 0 Å². The van der Waals surface area contributed by atoms with Crippen LogP contribution in [0.1, 0.15) is 94.9 Å². The summed E-state index contributed by atoms with van der Waals surface area (Å²) in [6.07, 6.45) is 38.0. The minimum absolute atomic E-state index is 0.110. The summed E-state index contributed by atoms with van der Waals surface area (Å²) in [7, 11) is 0. The van der Waals surface area contributed by atoms with Gasteiger partial charge in [0.1, 0.15) is 0 Å². The molecule has 0 spiro atoms. The molecule has 0 aliphatic heterocycles. The third-order valence-electron chi connectivity index (χ3n) is 7.31. The largest absolute Gasteiger partial charge is 0.389 e. The number of allylic oxidation sites excluding steroid dienone is 23. The Morgan fingerprint density at radius 2 is 1.17 bits per heavy atom. The van der Waals surface area contributed by atoms with Gasteiger partial charge in [-0.15, -0.1) is 0 Å². The van der Waals surface area contributed by atoms with Crippen LogP contribution in [-0.2, 0) is 0 Å². The predicted octanol–water partition coefficient (Wildman–Crippen LogP) is 11.7. The lowest BCUT2D eigenvalue weighted by atomic mass is 9.71. The molecule has 1 N–H and O–H groups in total. The van der Waals surface area contributed by atoms with E-state index in [2.05, 4.69) is 166 Å². The summed E-state index contributed by atoms with van der Waals surface area (Å²) in [6.45, 7) is 21.5. The third-order valence-corrected chi connectivity index (χ3v) is 7.31. The van der Waals surface area contributed by atoms with Gasteiger partial charge in [0.25, 0.3) is 0 Å². The monoisotopic (exact) mass is 552 g/mol. The summed E-state index contributed by atoms with van der Waals surface area (Å²) in [6, 6.07) is 0. The Morgan fingerprint density at radius 3 is 1.68 bits per heavy atom. The number of hydrogen-bond donors (Lipinski definition) is 1. The Bertz CT molecular complexity index is 1220. The van der Waals surface area contributed by atoms with Crippen molar-refractivity contribution in [3.8, 4) is 0 Å². The molecule has 41 heavy (non-hydrogen) atoms. The van der Waals surface area contributed by atoms with Crippen molar-refractivity contribution in [3.05, 3.63) is 142 Å². The van der Waals surface area contributed by atoms with Gasteiger partial charge < -0.3 is 5.11 Å².